The molecule has 0 aromatic carbocycles. The molecular weight excluding hydrogens is 585 g/mol. The van der Waals surface area contributed by atoms with Crippen molar-refractivity contribution in [2.24, 2.45) is 21.6 Å². The Balaban J connectivity index is 0. The van der Waals surface area contributed by atoms with Gasteiger partial charge in [0.05, 0.1) is 0 Å². The summed E-state index contributed by atoms with van der Waals surface area (Å²) in [5.41, 5.74) is 14.2. The second kappa shape index (κ2) is 36.5. The molecule has 0 atom stereocenters. The van der Waals surface area contributed by atoms with Crippen LogP contribution in [0.1, 0.15) is 129 Å². The van der Waals surface area contributed by atoms with Crippen molar-refractivity contribution in [1.82, 2.24) is 21.4 Å². The van der Waals surface area contributed by atoms with Gasteiger partial charge in [-0.1, -0.05) is 90.4 Å². The fourth-order valence-corrected chi connectivity index (χ4v) is 4.32. The van der Waals surface area contributed by atoms with Crippen LogP contribution in [0.5, 0.6) is 0 Å². The average molecular weight is 653 g/mol. The number of guanidine groups is 1. The number of aliphatic imine (C=N–C) groups is 1. The fourth-order valence-electron chi connectivity index (χ4n) is 4.32. The number of hydrogen-bond donors (Lipinski definition) is 7. The first-order chi connectivity index (χ1) is 21.8. The number of halogens is 3. The first-order valence-corrected chi connectivity index (χ1v) is 17.4. The number of unbranched alkanes of at least 4 members (excludes halogenated alkanes) is 14. The van der Waals surface area contributed by atoms with E-state index in [1.54, 1.807) is 0 Å². The molecule has 0 bridgehead atoms. The van der Waals surface area contributed by atoms with Crippen LogP contribution in [0.4, 0.5) is 13.2 Å². The average Bonchev–Trinajstić information content (AvgIpc) is 3.00. The third kappa shape index (κ3) is 42.0. The largest absolute Gasteiger partial charge is 0.490 e. The van der Waals surface area contributed by atoms with Gasteiger partial charge in [-0.25, -0.2) is 10.2 Å². The third-order valence-corrected chi connectivity index (χ3v) is 6.98. The summed E-state index contributed by atoms with van der Waals surface area (Å²) in [6, 6.07) is 0. The first kappa shape index (κ1) is 45.2. The predicted molar refractivity (Wildman–Crippen MR) is 183 cm³/mol. The second-order valence-corrected chi connectivity index (χ2v) is 11.3. The van der Waals surface area contributed by atoms with Gasteiger partial charge in [-0.3, -0.25) is 4.99 Å². The van der Waals surface area contributed by atoms with Gasteiger partial charge >= 0.3 is 12.1 Å². The number of alkyl halides is 3. The minimum atomic E-state index is -5.08. The molecule has 0 aliphatic rings. The minimum absolute atomic E-state index is 0.418. The predicted octanol–water partition coefficient (Wildman–Crippen LogP) is 5.67. The lowest BCUT2D eigenvalue weighted by Gasteiger charge is -2.06. The monoisotopic (exact) mass is 653 g/mol. The lowest BCUT2D eigenvalue weighted by atomic mass is 10.0. The Kier molecular flexibility index (Phi) is 36.6. The first-order valence-electron chi connectivity index (χ1n) is 17.4. The van der Waals surface area contributed by atoms with E-state index in [1.165, 1.54) is 96.3 Å². The Labute approximate surface area is 271 Å². The van der Waals surface area contributed by atoms with E-state index in [1.807, 2.05) is 6.21 Å². The number of carbonyl (C=O) groups is 1. The zero-order valence-corrected chi connectivity index (χ0v) is 28.2. The summed E-state index contributed by atoms with van der Waals surface area (Å²) >= 11 is 0. The summed E-state index contributed by atoms with van der Waals surface area (Å²) in [6.45, 7) is 10.1. The van der Waals surface area contributed by atoms with Crippen LogP contribution in [0.15, 0.2) is 10.1 Å². The molecule has 0 amide bonds. The Hall–Kier alpha value is -1.96. The van der Waals surface area contributed by atoms with Crippen LogP contribution in [-0.4, -0.2) is 81.8 Å². The van der Waals surface area contributed by atoms with Gasteiger partial charge < -0.3 is 32.5 Å². The van der Waals surface area contributed by atoms with E-state index in [0.29, 0.717) is 5.96 Å². The van der Waals surface area contributed by atoms with E-state index in [4.69, 9.17) is 21.4 Å². The molecule has 0 fully saturated rings. The molecule has 268 valence electrons. The van der Waals surface area contributed by atoms with Gasteiger partial charge in [-0.15, -0.1) is 0 Å². The standard InChI is InChI=1S/C30H66N8.C2HF3O2/c1-2-3-4-5-6-7-8-9-10-11-12-13-14-15-28-36-30(32)38-37-29-20-27-35-26-19-25-34-23-17-16-22-33-24-18-21-31;3-2(4,5)1(6)7/h29,33-35H,2-28,31H2,1H3,(H3,32,36,38);(H,6,7)/b37-29+;. The van der Waals surface area contributed by atoms with Gasteiger partial charge in [0.15, 0.2) is 0 Å². The van der Waals surface area contributed by atoms with Crippen LogP contribution in [0.3, 0.4) is 0 Å². The summed E-state index contributed by atoms with van der Waals surface area (Å²) in [5, 5.41) is 21.7. The molecule has 0 radical (unpaired) electrons. The normalized spacial score (nSPS) is 12.0. The van der Waals surface area contributed by atoms with Crippen molar-refractivity contribution in [3.8, 4) is 0 Å². The Morgan fingerprint density at radius 3 is 1.58 bits per heavy atom. The maximum atomic E-state index is 10.6. The number of rotatable bonds is 31. The highest BCUT2D eigenvalue weighted by Gasteiger charge is 2.38. The smallest absolute Gasteiger partial charge is 0.475 e. The van der Waals surface area contributed by atoms with Gasteiger partial charge in [0.1, 0.15) is 0 Å². The number of nitrogens with one attached hydrogen (secondary N) is 4. The number of nitrogens with two attached hydrogens (primary N) is 2. The van der Waals surface area contributed by atoms with Crippen molar-refractivity contribution in [1.29, 1.82) is 0 Å². The number of aliphatic carboxylic acids is 1. The fraction of sp³-hybridized carbons (Fsp3) is 0.906. The van der Waals surface area contributed by atoms with Gasteiger partial charge in [-0.05, 0) is 77.8 Å². The summed E-state index contributed by atoms with van der Waals surface area (Å²) in [4.78, 5) is 13.3. The highest BCUT2D eigenvalue weighted by Crippen LogP contribution is 2.13. The number of nitrogens with zero attached hydrogens (tertiary/aromatic N) is 2. The molecule has 0 saturated carbocycles. The Bertz CT molecular complexity index is 683. The molecule has 0 heterocycles. The molecule has 0 aliphatic heterocycles. The van der Waals surface area contributed by atoms with Gasteiger partial charge in [0.25, 0.3) is 0 Å². The molecule has 9 N–H and O–H groups in total. The van der Waals surface area contributed by atoms with E-state index in [9.17, 15) is 13.2 Å². The van der Waals surface area contributed by atoms with Gasteiger partial charge in [0.2, 0.25) is 5.96 Å². The summed E-state index contributed by atoms with van der Waals surface area (Å²) in [5.74, 6) is -2.34. The van der Waals surface area contributed by atoms with Crippen LogP contribution in [-0.2, 0) is 4.79 Å². The minimum Gasteiger partial charge on any atom is -0.475 e. The molecule has 13 heteroatoms. The van der Waals surface area contributed by atoms with E-state index in [2.05, 4.69) is 38.4 Å². The van der Waals surface area contributed by atoms with Crippen molar-refractivity contribution >= 4 is 18.1 Å². The van der Waals surface area contributed by atoms with Crippen LogP contribution < -0.4 is 32.8 Å². The Morgan fingerprint density at radius 2 is 1.11 bits per heavy atom. The molecule has 0 aromatic rings. The van der Waals surface area contributed by atoms with Crippen LogP contribution >= 0.6 is 0 Å². The zero-order chi connectivity index (χ0) is 33.7. The zero-order valence-electron chi connectivity index (χ0n) is 28.2. The summed E-state index contributed by atoms with van der Waals surface area (Å²) in [6.07, 6.45) is 21.5. The molecule has 10 nitrogen and oxygen atoms in total. The van der Waals surface area contributed by atoms with Crippen molar-refractivity contribution in [3.63, 3.8) is 0 Å². The SMILES string of the molecule is CCCCCCCCCCCCCCCCN=C(N)N/N=C/CCNCCCNCCCCNCCCN.O=C(O)C(F)(F)F. The molecule has 0 saturated heterocycles. The lowest BCUT2D eigenvalue weighted by Crippen LogP contribution is -2.28. The van der Waals surface area contributed by atoms with Crippen molar-refractivity contribution in [2.45, 2.75) is 135 Å². The van der Waals surface area contributed by atoms with Crippen molar-refractivity contribution in [2.75, 3.05) is 52.4 Å². The summed E-state index contributed by atoms with van der Waals surface area (Å²) in [7, 11) is 0. The van der Waals surface area contributed by atoms with E-state index < -0.39 is 12.1 Å². The van der Waals surface area contributed by atoms with E-state index in [-0.39, 0.29) is 0 Å². The number of hydrogen-bond acceptors (Lipinski definition) is 7. The molecule has 0 spiro atoms. The number of hydrazone groups is 1. The highest BCUT2D eigenvalue weighted by atomic mass is 19.4. The van der Waals surface area contributed by atoms with E-state index >= 15 is 0 Å². The van der Waals surface area contributed by atoms with Crippen molar-refractivity contribution < 1.29 is 23.1 Å². The van der Waals surface area contributed by atoms with Crippen LogP contribution in [0.2, 0.25) is 0 Å². The molecule has 45 heavy (non-hydrogen) atoms. The number of carboxylic acid groups (broad SMARTS) is 1. The van der Waals surface area contributed by atoms with Crippen LogP contribution in [0.25, 0.3) is 0 Å². The van der Waals surface area contributed by atoms with Gasteiger partial charge in [0, 0.05) is 19.3 Å². The maximum Gasteiger partial charge on any atom is 0.490 e. The molecule has 0 unspecified atom stereocenters. The molecular formula is C32H67F3N8O2. The number of carboxylic acids is 1. The van der Waals surface area contributed by atoms with Crippen molar-refractivity contribution in [3.05, 3.63) is 0 Å². The molecule has 0 aromatic heterocycles. The molecule has 0 rings (SSSR count). The molecule has 0 aliphatic carbocycles. The third-order valence-electron chi connectivity index (χ3n) is 6.98. The quantitative estimate of drug-likeness (QED) is 0.0218. The van der Waals surface area contributed by atoms with Gasteiger partial charge in [-0.2, -0.15) is 18.3 Å². The second-order valence-electron chi connectivity index (χ2n) is 11.3. The van der Waals surface area contributed by atoms with Crippen LogP contribution in [0, 0.1) is 0 Å². The highest BCUT2D eigenvalue weighted by molar-refractivity contribution is 5.78. The van der Waals surface area contributed by atoms with E-state index in [0.717, 1.165) is 78.0 Å². The maximum absolute atomic E-state index is 10.6. The summed E-state index contributed by atoms with van der Waals surface area (Å²) < 4.78 is 31.7. The Morgan fingerprint density at radius 1 is 0.689 bits per heavy atom. The topological polar surface area (TPSA) is 162 Å². The lowest BCUT2D eigenvalue weighted by molar-refractivity contribution is -0.192.